The second-order valence-corrected chi connectivity index (χ2v) is 10.8. The van der Waals surface area contributed by atoms with Crippen molar-refractivity contribution in [3.8, 4) is 11.1 Å². The number of aliphatic hydroxyl groups is 1. The summed E-state index contributed by atoms with van der Waals surface area (Å²) in [5, 5.41) is 15.4. The van der Waals surface area contributed by atoms with Crippen LogP contribution in [0.2, 0.25) is 0 Å². The molecule has 3 heterocycles. The molecule has 3 fully saturated rings. The molecule has 5 rings (SSSR count). The van der Waals surface area contributed by atoms with Gasteiger partial charge in [0.25, 0.3) is 11.5 Å². The molecule has 1 atom stereocenters. The summed E-state index contributed by atoms with van der Waals surface area (Å²) in [5.41, 5.74) is 0.715. The zero-order chi connectivity index (χ0) is 24.5. The van der Waals surface area contributed by atoms with Gasteiger partial charge in [-0.05, 0) is 31.9 Å². The third-order valence-electron chi connectivity index (χ3n) is 8.55. The van der Waals surface area contributed by atoms with Gasteiger partial charge in [-0.1, -0.05) is 49.6 Å². The molecule has 1 aromatic carbocycles. The topological polar surface area (TPSA) is 77.8 Å². The van der Waals surface area contributed by atoms with Gasteiger partial charge in [0, 0.05) is 62.5 Å². The Morgan fingerprint density at radius 3 is 2.46 bits per heavy atom. The maximum absolute atomic E-state index is 13.7. The lowest BCUT2D eigenvalue weighted by Gasteiger charge is -2.55. The number of hydrogen-bond acceptors (Lipinski definition) is 5. The highest BCUT2D eigenvalue weighted by atomic mass is 16.3. The van der Waals surface area contributed by atoms with E-state index in [4.69, 9.17) is 0 Å². The van der Waals surface area contributed by atoms with E-state index in [0.29, 0.717) is 30.6 Å². The van der Waals surface area contributed by atoms with Gasteiger partial charge in [-0.2, -0.15) is 0 Å². The fraction of sp³-hybridized carbons (Fsp3) is 0.571. The molecule has 1 saturated carbocycles. The number of piperazine rings is 1. The molecule has 2 saturated heterocycles. The van der Waals surface area contributed by atoms with Crippen LogP contribution < -0.4 is 10.9 Å². The molecule has 2 aliphatic heterocycles. The summed E-state index contributed by atoms with van der Waals surface area (Å²) < 4.78 is 1.61. The quantitative estimate of drug-likeness (QED) is 0.706. The summed E-state index contributed by atoms with van der Waals surface area (Å²) in [6.45, 7) is 4.71. The normalized spacial score (nSPS) is 25.0. The van der Waals surface area contributed by atoms with Crippen LogP contribution in [0.25, 0.3) is 11.1 Å². The first-order chi connectivity index (χ1) is 16.9. The van der Waals surface area contributed by atoms with E-state index in [1.807, 2.05) is 35.2 Å². The summed E-state index contributed by atoms with van der Waals surface area (Å²) in [6.07, 6.45) is 7.76. The monoisotopic (exact) mass is 478 g/mol. The summed E-state index contributed by atoms with van der Waals surface area (Å²) in [7, 11) is 2.13. The van der Waals surface area contributed by atoms with Crippen molar-refractivity contribution < 1.29 is 9.90 Å². The van der Waals surface area contributed by atoms with E-state index in [9.17, 15) is 14.7 Å². The second-order valence-electron chi connectivity index (χ2n) is 10.8. The Morgan fingerprint density at radius 1 is 1.03 bits per heavy atom. The van der Waals surface area contributed by atoms with Crippen molar-refractivity contribution in [2.75, 3.05) is 46.3 Å². The minimum atomic E-state index is -0.965. The standard InChI is InChI=1S/C28H38N4O3/c1-30-15-12-28(35,27(20-30)10-6-3-7-11-27)21-32-19-24(26(34)31-16-13-29-14-17-31)23(18-25(32)33)22-8-4-2-5-9-22/h2,4-5,8-9,18-19,29,35H,3,6-7,10-17,20-21H2,1H3. The van der Waals surface area contributed by atoms with Gasteiger partial charge in [-0.25, -0.2) is 0 Å². The molecule has 3 aliphatic rings. The number of pyridine rings is 1. The van der Waals surface area contributed by atoms with Crippen LogP contribution in [-0.4, -0.2) is 77.3 Å². The average molecular weight is 479 g/mol. The molecule has 7 heteroatoms. The number of amides is 1. The molecule has 0 radical (unpaired) electrons. The fourth-order valence-corrected chi connectivity index (χ4v) is 6.53. The molecular weight excluding hydrogens is 440 g/mol. The fourth-order valence-electron chi connectivity index (χ4n) is 6.53. The molecule has 2 N–H and O–H groups in total. The van der Waals surface area contributed by atoms with Crippen LogP contribution in [0.15, 0.2) is 47.4 Å². The number of likely N-dealkylation sites (tertiary alicyclic amines) is 1. The third-order valence-corrected chi connectivity index (χ3v) is 8.55. The van der Waals surface area contributed by atoms with E-state index in [-0.39, 0.29) is 23.4 Å². The Kier molecular flexibility index (Phi) is 6.84. The first kappa shape index (κ1) is 24.2. The zero-order valence-electron chi connectivity index (χ0n) is 20.8. The van der Waals surface area contributed by atoms with Gasteiger partial charge >= 0.3 is 0 Å². The number of carbonyl (C=O) groups excluding carboxylic acids is 1. The molecule has 1 amide bonds. The SMILES string of the molecule is CN1CCC(O)(Cn2cc(C(=O)N3CCNCC3)c(-c3ccccc3)cc2=O)C2(CCCCC2)C1. The van der Waals surface area contributed by atoms with Crippen LogP contribution in [0.5, 0.6) is 0 Å². The van der Waals surface area contributed by atoms with Gasteiger partial charge in [-0.3, -0.25) is 9.59 Å². The van der Waals surface area contributed by atoms with Crippen molar-refractivity contribution in [2.24, 2.45) is 5.41 Å². The Morgan fingerprint density at radius 2 is 1.74 bits per heavy atom. The lowest BCUT2D eigenvalue weighted by atomic mass is 9.60. The summed E-state index contributed by atoms with van der Waals surface area (Å²) in [4.78, 5) is 31.3. The van der Waals surface area contributed by atoms with Gasteiger partial charge in [0.05, 0.1) is 17.7 Å². The van der Waals surface area contributed by atoms with Crippen LogP contribution in [0.4, 0.5) is 0 Å². The highest BCUT2D eigenvalue weighted by Crippen LogP contribution is 2.50. The average Bonchev–Trinajstić information content (AvgIpc) is 2.89. The third kappa shape index (κ3) is 4.69. The lowest BCUT2D eigenvalue weighted by Crippen LogP contribution is -2.62. The summed E-state index contributed by atoms with van der Waals surface area (Å²) in [6, 6.07) is 11.3. The van der Waals surface area contributed by atoms with E-state index < -0.39 is 5.60 Å². The lowest BCUT2D eigenvalue weighted by molar-refractivity contribution is -0.156. The van der Waals surface area contributed by atoms with Crippen molar-refractivity contribution in [1.82, 2.24) is 19.7 Å². The predicted octanol–water partition coefficient (Wildman–Crippen LogP) is 2.58. The Labute approximate surface area is 207 Å². The largest absolute Gasteiger partial charge is 0.387 e. The van der Waals surface area contributed by atoms with E-state index in [2.05, 4.69) is 17.3 Å². The Balaban J connectivity index is 1.55. The Bertz CT molecular complexity index is 1100. The van der Waals surface area contributed by atoms with Crippen molar-refractivity contribution >= 4 is 5.91 Å². The first-order valence-electron chi connectivity index (χ1n) is 13.1. The molecule has 1 aromatic heterocycles. The van der Waals surface area contributed by atoms with Crippen molar-refractivity contribution in [2.45, 2.75) is 50.7 Å². The van der Waals surface area contributed by atoms with Crippen LogP contribution in [0.3, 0.4) is 0 Å². The maximum atomic E-state index is 13.7. The maximum Gasteiger partial charge on any atom is 0.256 e. The minimum Gasteiger partial charge on any atom is -0.387 e. The number of rotatable bonds is 4. The molecule has 1 spiro atoms. The molecule has 188 valence electrons. The first-order valence-corrected chi connectivity index (χ1v) is 13.1. The summed E-state index contributed by atoms with van der Waals surface area (Å²) in [5.74, 6) is -0.0538. The van der Waals surface area contributed by atoms with E-state index in [0.717, 1.165) is 57.4 Å². The highest BCUT2D eigenvalue weighted by molar-refractivity contribution is 6.00. The van der Waals surface area contributed by atoms with Crippen LogP contribution in [-0.2, 0) is 6.54 Å². The number of aromatic nitrogens is 1. The zero-order valence-corrected chi connectivity index (χ0v) is 20.8. The van der Waals surface area contributed by atoms with Gasteiger partial charge in [0.1, 0.15) is 0 Å². The number of piperidine rings is 1. The van der Waals surface area contributed by atoms with Crippen LogP contribution >= 0.6 is 0 Å². The van der Waals surface area contributed by atoms with Gasteiger partial charge in [-0.15, -0.1) is 0 Å². The molecule has 1 unspecified atom stereocenters. The van der Waals surface area contributed by atoms with Crippen LogP contribution in [0, 0.1) is 5.41 Å². The van der Waals surface area contributed by atoms with E-state index in [1.54, 1.807) is 16.8 Å². The number of hydrogen-bond donors (Lipinski definition) is 2. The number of carbonyl (C=O) groups is 1. The van der Waals surface area contributed by atoms with Gasteiger partial charge in [0.2, 0.25) is 0 Å². The van der Waals surface area contributed by atoms with Crippen molar-refractivity contribution in [3.63, 3.8) is 0 Å². The molecule has 7 nitrogen and oxygen atoms in total. The molecule has 1 aliphatic carbocycles. The van der Waals surface area contributed by atoms with E-state index >= 15 is 0 Å². The van der Waals surface area contributed by atoms with Gasteiger partial charge < -0.3 is 24.8 Å². The molecule has 0 bridgehead atoms. The van der Waals surface area contributed by atoms with Gasteiger partial charge in [0.15, 0.2) is 0 Å². The molecular formula is C28H38N4O3. The Hall–Kier alpha value is -2.48. The molecule has 2 aromatic rings. The van der Waals surface area contributed by atoms with E-state index in [1.165, 1.54) is 6.42 Å². The summed E-state index contributed by atoms with van der Waals surface area (Å²) >= 11 is 0. The van der Waals surface area contributed by atoms with Crippen LogP contribution in [0.1, 0.15) is 48.9 Å². The highest BCUT2D eigenvalue weighted by Gasteiger charge is 2.53. The minimum absolute atomic E-state index is 0.0538. The number of nitrogens with zero attached hydrogens (tertiary/aromatic N) is 3. The predicted molar refractivity (Wildman–Crippen MR) is 137 cm³/mol. The second kappa shape index (κ2) is 9.88. The number of nitrogens with one attached hydrogen (secondary N) is 1. The van der Waals surface area contributed by atoms with Crippen molar-refractivity contribution in [3.05, 3.63) is 58.5 Å². The van der Waals surface area contributed by atoms with Crippen molar-refractivity contribution in [1.29, 1.82) is 0 Å². The number of benzene rings is 1. The molecule has 35 heavy (non-hydrogen) atoms. The smallest absolute Gasteiger partial charge is 0.256 e.